The molecule has 0 radical (unpaired) electrons. The maximum atomic E-state index is 9.18. The van der Waals surface area contributed by atoms with Gasteiger partial charge in [-0.3, -0.25) is 5.10 Å². The van der Waals surface area contributed by atoms with Gasteiger partial charge in [-0.05, 0) is 17.7 Å². The highest BCUT2D eigenvalue weighted by Crippen LogP contribution is 2.21. The fourth-order valence-electron chi connectivity index (χ4n) is 1.09. The number of hydrogen-bond acceptors (Lipinski definition) is 2. The van der Waals surface area contributed by atoms with Gasteiger partial charge < -0.3 is 5.11 Å². The second kappa shape index (κ2) is 9.60. The minimum Gasteiger partial charge on any atom is -0.508 e. The lowest BCUT2D eigenvalue weighted by molar-refractivity contribution is 0.475. The molecule has 0 saturated carbocycles. The maximum Gasteiger partial charge on any atom is 0.116 e. The third-order valence-electron chi connectivity index (χ3n) is 1.68. The highest BCUT2D eigenvalue weighted by Gasteiger charge is 1.97. The van der Waals surface area contributed by atoms with Gasteiger partial charge in [0.15, 0.2) is 0 Å². The molecule has 1 aromatic carbocycles. The van der Waals surface area contributed by atoms with Gasteiger partial charge in [0, 0.05) is 11.8 Å². The number of hydrogen-bond donors (Lipinski definition) is 2. The summed E-state index contributed by atoms with van der Waals surface area (Å²) < 4.78 is 0. The number of nitrogens with one attached hydrogen (secondary N) is 1. The van der Waals surface area contributed by atoms with Crippen LogP contribution in [0.15, 0.2) is 36.7 Å². The van der Waals surface area contributed by atoms with Crippen molar-refractivity contribution >= 4 is 49.6 Å². The standard InChI is InChI=1S/C9H8N2O.4ClH/c12-9-3-1-2-7(4-9)8-5-10-11-6-8;;;;/h1-6,12H,(H,10,11);4*1H. The second-order valence-electron chi connectivity index (χ2n) is 2.54. The van der Waals surface area contributed by atoms with Crippen molar-refractivity contribution in [1.29, 1.82) is 0 Å². The number of phenols is 1. The molecule has 2 N–H and O–H groups in total. The number of aromatic nitrogens is 2. The van der Waals surface area contributed by atoms with E-state index in [-0.39, 0.29) is 55.4 Å². The Bertz CT molecular complexity index is 381. The van der Waals surface area contributed by atoms with Gasteiger partial charge in [0.05, 0.1) is 6.20 Å². The van der Waals surface area contributed by atoms with Crippen molar-refractivity contribution in [1.82, 2.24) is 10.2 Å². The van der Waals surface area contributed by atoms with Crippen molar-refractivity contribution < 1.29 is 5.11 Å². The fourth-order valence-corrected chi connectivity index (χ4v) is 1.09. The van der Waals surface area contributed by atoms with Crippen LogP contribution in [0.1, 0.15) is 0 Å². The zero-order chi connectivity index (χ0) is 8.39. The monoisotopic (exact) mass is 304 g/mol. The third-order valence-corrected chi connectivity index (χ3v) is 1.68. The van der Waals surface area contributed by atoms with Crippen molar-refractivity contribution in [2.24, 2.45) is 0 Å². The highest BCUT2D eigenvalue weighted by atomic mass is 35.5. The molecule has 2 rings (SSSR count). The largest absolute Gasteiger partial charge is 0.508 e. The van der Waals surface area contributed by atoms with E-state index >= 15 is 0 Å². The summed E-state index contributed by atoms with van der Waals surface area (Å²) in [6.45, 7) is 0. The lowest BCUT2D eigenvalue weighted by Gasteiger charge is -1.96. The predicted molar refractivity (Wildman–Crippen MR) is 74.7 cm³/mol. The van der Waals surface area contributed by atoms with E-state index in [9.17, 15) is 5.11 Å². The van der Waals surface area contributed by atoms with Gasteiger partial charge >= 0.3 is 0 Å². The van der Waals surface area contributed by atoms with Gasteiger partial charge in [-0.1, -0.05) is 12.1 Å². The second-order valence-corrected chi connectivity index (χ2v) is 2.54. The topological polar surface area (TPSA) is 48.9 Å². The van der Waals surface area contributed by atoms with Crippen molar-refractivity contribution in [3.63, 3.8) is 0 Å². The van der Waals surface area contributed by atoms with Crippen LogP contribution in [0.5, 0.6) is 5.75 Å². The quantitative estimate of drug-likeness (QED) is 0.847. The summed E-state index contributed by atoms with van der Waals surface area (Å²) in [4.78, 5) is 0. The van der Waals surface area contributed by atoms with E-state index in [2.05, 4.69) is 10.2 Å². The Balaban J connectivity index is -0.000000422. The zero-order valence-electron chi connectivity index (χ0n) is 7.99. The first-order valence-electron chi connectivity index (χ1n) is 3.64. The Morgan fingerprint density at radius 3 is 2.19 bits per heavy atom. The number of phenolic OH excluding ortho intramolecular Hbond substituents is 1. The molecule has 3 nitrogen and oxygen atoms in total. The Hall–Kier alpha value is -0.610. The first-order valence-corrected chi connectivity index (χ1v) is 3.64. The van der Waals surface area contributed by atoms with Crippen LogP contribution in [0.2, 0.25) is 0 Å². The average molecular weight is 306 g/mol. The molecule has 0 bridgehead atoms. The first-order chi connectivity index (χ1) is 5.86. The molecule has 0 saturated heterocycles. The summed E-state index contributed by atoms with van der Waals surface area (Å²) in [5.41, 5.74) is 1.94. The number of nitrogens with zero attached hydrogens (tertiary/aromatic N) is 1. The molecule has 1 heterocycles. The van der Waals surface area contributed by atoms with E-state index in [0.29, 0.717) is 0 Å². The van der Waals surface area contributed by atoms with Crippen LogP contribution in [0.3, 0.4) is 0 Å². The number of H-pyrrole nitrogens is 1. The van der Waals surface area contributed by atoms with E-state index < -0.39 is 0 Å². The number of benzene rings is 1. The number of rotatable bonds is 1. The Morgan fingerprint density at radius 2 is 1.69 bits per heavy atom. The zero-order valence-corrected chi connectivity index (χ0v) is 11.3. The van der Waals surface area contributed by atoms with E-state index in [4.69, 9.17) is 0 Å². The lowest BCUT2D eigenvalue weighted by atomic mass is 10.1. The minimum atomic E-state index is 0. The Labute approximate surface area is 118 Å². The molecular formula is C9H12Cl4N2O. The fraction of sp³-hybridized carbons (Fsp3) is 0. The molecule has 0 amide bonds. The average Bonchev–Trinajstić information content (AvgIpc) is 2.56. The van der Waals surface area contributed by atoms with E-state index in [1.165, 1.54) is 0 Å². The molecule has 1 aromatic heterocycles. The van der Waals surface area contributed by atoms with Gasteiger partial charge in [0.1, 0.15) is 5.75 Å². The Morgan fingerprint density at radius 1 is 1.00 bits per heavy atom. The molecule has 0 atom stereocenters. The number of aromatic amines is 1. The Kier molecular flexibility index (Phi) is 12.5. The van der Waals surface area contributed by atoms with Gasteiger partial charge in [-0.15, -0.1) is 49.6 Å². The van der Waals surface area contributed by atoms with Gasteiger partial charge in [0.2, 0.25) is 0 Å². The molecule has 16 heavy (non-hydrogen) atoms. The molecule has 2 aromatic rings. The van der Waals surface area contributed by atoms with E-state index in [1.807, 2.05) is 6.07 Å². The van der Waals surface area contributed by atoms with Crippen LogP contribution >= 0.6 is 49.6 Å². The lowest BCUT2D eigenvalue weighted by Crippen LogP contribution is -1.72. The maximum absolute atomic E-state index is 9.18. The SMILES string of the molecule is Cl.Cl.Cl.Cl.Oc1cccc(-c2cn[nH]c2)c1. The smallest absolute Gasteiger partial charge is 0.116 e. The van der Waals surface area contributed by atoms with E-state index in [0.717, 1.165) is 11.1 Å². The summed E-state index contributed by atoms with van der Waals surface area (Å²) in [5, 5.41) is 15.7. The normalized spacial score (nSPS) is 7.50. The first kappa shape index (κ1) is 20.8. The molecule has 0 fully saturated rings. The highest BCUT2D eigenvalue weighted by molar-refractivity contribution is 5.86. The molecule has 0 aliphatic rings. The van der Waals surface area contributed by atoms with Crippen LogP contribution in [0.4, 0.5) is 0 Å². The van der Waals surface area contributed by atoms with Crippen molar-refractivity contribution in [2.75, 3.05) is 0 Å². The summed E-state index contributed by atoms with van der Waals surface area (Å²) in [7, 11) is 0. The van der Waals surface area contributed by atoms with E-state index in [1.54, 1.807) is 30.6 Å². The summed E-state index contributed by atoms with van der Waals surface area (Å²) in [6.07, 6.45) is 3.50. The van der Waals surface area contributed by atoms with Crippen molar-refractivity contribution in [3.8, 4) is 16.9 Å². The number of halogens is 4. The van der Waals surface area contributed by atoms with Crippen molar-refractivity contribution in [3.05, 3.63) is 36.7 Å². The minimum absolute atomic E-state index is 0. The van der Waals surface area contributed by atoms with Gasteiger partial charge in [-0.25, -0.2) is 0 Å². The summed E-state index contributed by atoms with van der Waals surface area (Å²) in [5.74, 6) is 0.272. The molecular weight excluding hydrogens is 294 g/mol. The predicted octanol–water partition coefficient (Wildman–Crippen LogP) is 3.47. The molecule has 7 heteroatoms. The molecule has 0 aliphatic heterocycles. The van der Waals surface area contributed by atoms with Crippen molar-refractivity contribution in [2.45, 2.75) is 0 Å². The van der Waals surface area contributed by atoms with Crippen LogP contribution in [0, 0.1) is 0 Å². The summed E-state index contributed by atoms with van der Waals surface area (Å²) in [6, 6.07) is 7.07. The molecule has 0 unspecified atom stereocenters. The third kappa shape index (κ3) is 4.94. The summed E-state index contributed by atoms with van der Waals surface area (Å²) >= 11 is 0. The van der Waals surface area contributed by atoms with Gasteiger partial charge in [-0.2, -0.15) is 5.10 Å². The van der Waals surface area contributed by atoms with Crippen LogP contribution in [0.25, 0.3) is 11.1 Å². The molecule has 0 spiro atoms. The van der Waals surface area contributed by atoms with Gasteiger partial charge in [0.25, 0.3) is 0 Å². The molecule has 92 valence electrons. The number of aromatic hydroxyl groups is 1. The van der Waals surface area contributed by atoms with Crippen LogP contribution in [-0.2, 0) is 0 Å². The van der Waals surface area contributed by atoms with Crippen LogP contribution in [-0.4, -0.2) is 15.3 Å². The van der Waals surface area contributed by atoms with Crippen LogP contribution < -0.4 is 0 Å². The molecule has 0 aliphatic carbocycles.